The Hall–Kier alpha value is -1.36. The topological polar surface area (TPSA) is 61.0 Å². The molecule has 0 atom stereocenters. The second-order valence-corrected chi connectivity index (χ2v) is 4.02. The average Bonchev–Trinajstić information content (AvgIpc) is 2.35. The number of nitrogens with two attached hydrogens (primary N) is 1. The molecule has 0 amide bonds. The van der Waals surface area contributed by atoms with Crippen molar-refractivity contribution in [3.05, 3.63) is 46.2 Å². The van der Waals surface area contributed by atoms with Crippen LogP contribution >= 0.6 is 23.2 Å². The van der Waals surface area contributed by atoms with Crippen molar-refractivity contribution >= 4 is 23.2 Å². The normalized spacial score (nSPS) is 10.3. The van der Waals surface area contributed by atoms with Crippen molar-refractivity contribution in [3.63, 3.8) is 0 Å². The van der Waals surface area contributed by atoms with Crippen LogP contribution in [0.3, 0.4) is 0 Å². The maximum Gasteiger partial charge on any atom is 0.194 e. The van der Waals surface area contributed by atoms with Gasteiger partial charge in [-0.05, 0) is 17.7 Å². The summed E-state index contributed by atoms with van der Waals surface area (Å²) in [5.74, 6) is 1.00. The SMILES string of the molecule is NCc1ccc(Oc2cc(Cl)nnc2Cl)cc1. The minimum absolute atomic E-state index is 0.164. The molecule has 0 aliphatic heterocycles. The van der Waals surface area contributed by atoms with Gasteiger partial charge < -0.3 is 10.5 Å². The van der Waals surface area contributed by atoms with Gasteiger partial charge >= 0.3 is 0 Å². The van der Waals surface area contributed by atoms with E-state index >= 15 is 0 Å². The van der Waals surface area contributed by atoms with E-state index in [0.29, 0.717) is 18.0 Å². The summed E-state index contributed by atoms with van der Waals surface area (Å²) in [4.78, 5) is 0. The van der Waals surface area contributed by atoms with Crippen LogP contribution in [0.5, 0.6) is 11.5 Å². The van der Waals surface area contributed by atoms with Crippen molar-refractivity contribution in [2.45, 2.75) is 6.54 Å². The number of halogens is 2. The predicted molar refractivity (Wildman–Crippen MR) is 66.5 cm³/mol. The third-order valence-electron chi connectivity index (χ3n) is 2.07. The number of aromatic nitrogens is 2. The molecule has 0 fully saturated rings. The van der Waals surface area contributed by atoms with Crippen LogP contribution in [0.15, 0.2) is 30.3 Å². The van der Waals surface area contributed by atoms with Crippen molar-refractivity contribution in [1.82, 2.24) is 10.2 Å². The monoisotopic (exact) mass is 269 g/mol. The standard InChI is InChI=1S/C11H9Cl2N3O/c12-10-5-9(11(13)16-15-10)17-8-3-1-7(6-14)2-4-8/h1-5H,6,14H2. The first-order chi connectivity index (χ1) is 8.19. The van der Waals surface area contributed by atoms with Gasteiger partial charge in [-0.1, -0.05) is 35.3 Å². The summed E-state index contributed by atoms with van der Waals surface area (Å²) in [5.41, 5.74) is 6.52. The van der Waals surface area contributed by atoms with E-state index in [2.05, 4.69) is 10.2 Å². The number of hydrogen-bond donors (Lipinski definition) is 1. The summed E-state index contributed by atoms with van der Waals surface area (Å²) in [6.45, 7) is 0.490. The van der Waals surface area contributed by atoms with Crippen molar-refractivity contribution in [2.75, 3.05) is 0 Å². The van der Waals surface area contributed by atoms with Gasteiger partial charge in [0.05, 0.1) is 0 Å². The van der Waals surface area contributed by atoms with Gasteiger partial charge in [-0.3, -0.25) is 0 Å². The van der Waals surface area contributed by atoms with Gasteiger partial charge in [0.25, 0.3) is 0 Å². The Kier molecular flexibility index (Phi) is 3.78. The van der Waals surface area contributed by atoms with Crippen LogP contribution in [0.1, 0.15) is 5.56 Å². The Morgan fingerprint density at radius 2 is 1.82 bits per heavy atom. The van der Waals surface area contributed by atoms with E-state index in [1.165, 1.54) is 6.07 Å². The molecular formula is C11H9Cl2N3O. The van der Waals surface area contributed by atoms with Gasteiger partial charge in [0.1, 0.15) is 5.75 Å². The summed E-state index contributed by atoms with van der Waals surface area (Å²) < 4.78 is 5.53. The van der Waals surface area contributed by atoms with Crippen molar-refractivity contribution in [3.8, 4) is 11.5 Å². The first-order valence-electron chi connectivity index (χ1n) is 4.84. The maximum absolute atomic E-state index is 5.83. The van der Waals surface area contributed by atoms with Crippen LogP contribution in [0.2, 0.25) is 10.3 Å². The van der Waals surface area contributed by atoms with Crippen LogP contribution < -0.4 is 10.5 Å². The highest BCUT2D eigenvalue weighted by Crippen LogP contribution is 2.28. The minimum atomic E-state index is 0.164. The number of hydrogen-bond acceptors (Lipinski definition) is 4. The molecule has 0 aliphatic rings. The highest BCUT2D eigenvalue weighted by molar-refractivity contribution is 6.32. The molecule has 4 nitrogen and oxygen atoms in total. The average molecular weight is 270 g/mol. The van der Waals surface area contributed by atoms with E-state index < -0.39 is 0 Å². The van der Waals surface area contributed by atoms with Crippen molar-refractivity contribution < 1.29 is 4.74 Å². The van der Waals surface area contributed by atoms with E-state index in [-0.39, 0.29) is 10.3 Å². The molecule has 2 aromatic rings. The number of benzene rings is 1. The summed E-state index contributed by atoms with van der Waals surface area (Å²) >= 11 is 11.5. The van der Waals surface area contributed by atoms with Gasteiger partial charge in [0.2, 0.25) is 0 Å². The molecule has 2 N–H and O–H groups in total. The zero-order valence-corrected chi connectivity index (χ0v) is 10.2. The molecule has 1 aromatic heterocycles. The molecule has 0 saturated heterocycles. The molecular weight excluding hydrogens is 261 g/mol. The van der Waals surface area contributed by atoms with E-state index in [4.69, 9.17) is 33.7 Å². The Bertz CT molecular complexity index is 517. The van der Waals surface area contributed by atoms with Crippen LogP contribution in [-0.4, -0.2) is 10.2 Å². The van der Waals surface area contributed by atoms with Crippen LogP contribution in [0.4, 0.5) is 0 Å². The fourth-order valence-electron chi connectivity index (χ4n) is 1.23. The second-order valence-electron chi connectivity index (χ2n) is 3.27. The molecule has 0 saturated carbocycles. The fourth-order valence-corrected chi connectivity index (χ4v) is 1.50. The Balaban J connectivity index is 2.22. The van der Waals surface area contributed by atoms with Gasteiger partial charge in [-0.15, -0.1) is 10.2 Å². The van der Waals surface area contributed by atoms with Crippen molar-refractivity contribution in [2.24, 2.45) is 5.73 Å². The molecule has 2 rings (SSSR count). The molecule has 6 heteroatoms. The molecule has 1 aromatic carbocycles. The molecule has 0 unspecified atom stereocenters. The lowest BCUT2D eigenvalue weighted by molar-refractivity contribution is 0.478. The summed E-state index contributed by atoms with van der Waals surface area (Å²) in [6.07, 6.45) is 0. The highest BCUT2D eigenvalue weighted by atomic mass is 35.5. The van der Waals surface area contributed by atoms with Gasteiger partial charge in [0, 0.05) is 12.6 Å². The predicted octanol–water partition coefficient (Wildman–Crippen LogP) is 3.03. The highest BCUT2D eigenvalue weighted by Gasteiger charge is 2.06. The summed E-state index contributed by atoms with van der Waals surface area (Å²) in [6, 6.07) is 8.85. The van der Waals surface area contributed by atoms with E-state index in [1.807, 2.05) is 12.1 Å². The number of rotatable bonds is 3. The van der Waals surface area contributed by atoms with Gasteiger partial charge in [-0.2, -0.15) is 0 Å². The van der Waals surface area contributed by atoms with Crippen LogP contribution in [-0.2, 0) is 6.54 Å². The molecule has 0 bridgehead atoms. The Morgan fingerprint density at radius 1 is 1.12 bits per heavy atom. The molecule has 0 radical (unpaired) electrons. The largest absolute Gasteiger partial charge is 0.454 e. The summed E-state index contributed by atoms with van der Waals surface area (Å²) in [5, 5.41) is 7.63. The van der Waals surface area contributed by atoms with E-state index in [1.54, 1.807) is 12.1 Å². The third kappa shape index (κ3) is 3.06. The molecule has 88 valence electrons. The smallest absolute Gasteiger partial charge is 0.194 e. The molecule has 0 aliphatic carbocycles. The molecule has 17 heavy (non-hydrogen) atoms. The number of ether oxygens (including phenoxy) is 1. The molecule has 1 heterocycles. The lowest BCUT2D eigenvalue weighted by atomic mass is 10.2. The third-order valence-corrected chi connectivity index (χ3v) is 2.52. The van der Waals surface area contributed by atoms with Gasteiger partial charge in [-0.25, -0.2) is 0 Å². The Labute approximate surface area is 108 Å². The van der Waals surface area contributed by atoms with E-state index in [9.17, 15) is 0 Å². The zero-order valence-electron chi connectivity index (χ0n) is 8.73. The zero-order chi connectivity index (χ0) is 12.3. The van der Waals surface area contributed by atoms with Gasteiger partial charge in [0.15, 0.2) is 16.1 Å². The quantitative estimate of drug-likeness (QED) is 0.931. The first kappa shape index (κ1) is 12.1. The minimum Gasteiger partial charge on any atom is -0.454 e. The van der Waals surface area contributed by atoms with Crippen LogP contribution in [0, 0.1) is 0 Å². The van der Waals surface area contributed by atoms with Crippen LogP contribution in [0.25, 0.3) is 0 Å². The number of nitrogens with zero attached hydrogens (tertiary/aromatic N) is 2. The lowest BCUT2D eigenvalue weighted by Crippen LogP contribution is -1.95. The Morgan fingerprint density at radius 3 is 2.47 bits per heavy atom. The van der Waals surface area contributed by atoms with Crippen molar-refractivity contribution in [1.29, 1.82) is 0 Å². The first-order valence-corrected chi connectivity index (χ1v) is 5.60. The maximum atomic E-state index is 5.83. The fraction of sp³-hybridized carbons (Fsp3) is 0.0909. The molecule has 0 spiro atoms. The lowest BCUT2D eigenvalue weighted by Gasteiger charge is -2.07. The summed E-state index contributed by atoms with van der Waals surface area (Å²) in [7, 11) is 0. The van der Waals surface area contributed by atoms with E-state index in [0.717, 1.165) is 5.56 Å². The second kappa shape index (κ2) is 5.31.